The second-order valence-corrected chi connectivity index (χ2v) is 7.70. The van der Waals surface area contributed by atoms with Crippen molar-refractivity contribution in [1.29, 1.82) is 0 Å². The van der Waals surface area contributed by atoms with Crippen molar-refractivity contribution in [2.75, 3.05) is 0 Å². The first-order chi connectivity index (χ1) is 13.6. The molecule has 2 aliphatic rings. The molecule has 142 valence electrons. The molecule has 2 aromatic carbocycles. The number of hydrazone groups is 1. The third-order valence-electron chi connectivity index (χ3n) is 5.92. The van der Waals surface area contributed by atoms with Crippen molar-refractivity contribution in [3.05, 3.63) is 74.6 Å². The first-order valence-electron chi connectivity index (χ1n) is 9.82. The Bertz CT molecular complexity index is 1160. The molecule has 2 heterocycles. The number of aryl methyl sites for hydroxylation is 2. The molecule has 0 fully saturated rings. The fourth-order valence-corrected chi connectivity index (χ4v) is 4.55. The number of aromatic hydroxyl groups is 1. The van der Waals surface area contributed by atoms with E-state index in [-0.39, 0.29) is 17.4 Å². The molecule has 0 saturated heterocycles. The van der Waals surface area contributed by atoms with E-state index in [9.17, 15) is 9.90 Å². The first-order valence-corrected chi connectivity index (χ1v) is 9.82. The average Bonchev–Trinajstić information content (AvgIpc) is 3.18. The van der Waals surface area contributed by atoms with Crippen LogP contribution in [0.3, 0.4) is 0 Å². The minimum Gasteiger partial charge on any atom is -0.506 e. The van der Waals surface area contributed by atoms with Gasteiger partial charge in [0.2, 0.25) is 0 Å². The summed E-state index contributed by atoms with van der Waals surface area (Å²) in [6, 6.07) is 12.1. The summed E-state index contributed by atoms with van der Waals surface area (Å²) < 4.78 is 5.56. The maximum atomic E-state index is 12.4. The number of nitrogens with zero attached hydrogens (tertiary/aromatic N) is 1. The van der Waals surface area contributed by atoms with Crippen LogP contribution in [0.4, 0.5) is 0 Å². The highest BCUT2D eigenvalue weighted by atomic mass is 16.4. The van der Waals surface area contributed by atoms with Gasteiger partial charge in [-0.25, -0.2) is 4.79 Å². The van der Waals surface area contributed by atoms with Gasteiger partial charge in [-0.3, -0.25) is 0 Å². The van der Waals surface area contributed by atoms with E-state index in [1.54, 1.807) is 0 Å². The molecule has 0 spiro atoms. The van der Waals surface area contributed by atoms with Gasteiger partial charge in [-0.1, -0.05) is 30.3 Å². The average molecular weight is 374 g/mol. The lowest BCUT2D eigenvalue weighted by Gasteiger charge is -2.19. The Morgan fingerprint density at radius 1 is 1.14 bits per heavy atom. The summed E-state index contributed by atoms with van der Waals surface area (Å²) in [6.45, 7) is 1.92. The molecule has 1 unspecified atom stereocenters. The van der Waals surface area contributed by atoms with Crippen LogP contribution < -0.4 is 11.1 Å². The third-order valence-corrected chi connectivity index (χ3v) is 5.92. The van der Waals surface area contributed by atoms with Crippen LogP contribution in [0.2, 0.25) is 0 Å². The molecule has 1 aliphatic heterocycles. The Balaban J connectivity index is 1.63. The molecule has 5 nitrogen and oxygen atoms in total. The van der Waals surface area contributed by atoms with Crippen LogP contribution in [0, 0.1) is 6.92 Å². The van der Waals surface area contributed by atoms with E-state index in [4.69, 9.17) is 4.42 Å². The Morgan fingerprint density at radius 2 is 1.89 bits per heavy atom. The second-order valence-electron chi connectivity index (χ2n) is 7.70. The van der Waals surface area contributed by atoms with Gasteiger partial charge in [0.25, 0.3) is 0 Å². The lowest BCUT2D eigenvalue weighted by molar-refractivity contribution is 0.474. The molecule has 1 aromatic heterocycles. The molecule has 2 N–H and O–H groups in total. The van der Waals surface area contributed by atoms with E-state index >= 15 is 0 Å². The molecule has 0 radical (unpaired) electrons. The van der Waals surface area contributed by atoms with E-state index in [2.05, 4.69) is 22.7 Å². The Kier molecular flexibility index (Phi) is 3.97. The zero-order valence-corrected chi connectivity index (χ0v) is 15.8. The van der Waals surface area contributed by atoms with Gasteiger partial charge in [0.05, 0.1) is 17.1 Å². The van der Waals surface area contributed by atoms with Crippen LogP contribution in [-0.4, -0.2) is 10.8 Å². The van der Waals surface area contributed by atoms with E-state index in [0.717, 1.165) is 53.6 Å². The minimum absolute atomic E-state index is 0.0910. The molecule has 1 aliphatic carbocycles. The van der Waals surface area contributed by atoms with Gasteiger partial charge in [-0.05, 0) is 55.4 Å². The summed E-state index contributed by atoms with van der Waals surface area (Å²) in [5.41, 5.74) is 8.68. The van der Waals surface area contributed by atoms with Gasteiger partial charge >= 0.3 is 5.63 Å². The number of phenols is 1. The molecule has 3 aromatic rings. The van der Waals surface area contributed by atoms with Gasteiger partial charge in [0, 0.05) is 17.5 Å². The summed E-state index contributed by atoms with van der Waals surface area (Å²) >= 11 is 0. The Morgan fingerprint density at radius 3 is 2.68 bits per heavy atom. The van der Waals surface area contributed by atoms with Crippen molar-refractivity contribution in [3.63, 3.8) is 0 Å². The van der Waals surface area contributed by atoms with Crippen LogP contribution in [0.5, 0.6) is 5.75 Å². The number of hydrogen-bond acceptors (Lipinski definition) is 5. The second kappa shape index (κ2) is 6.51. The van der Waals surface area contributed by atoms with Crippen molar-refractivity contribution in [2.45, 2.75) is 45.1 Å². The number of hydrogen-bond donors (Lipinski definition) is 2. The molecule has 5 heteroatoms. The molecule has 1 atom stereocenters. The Labute approximate surface area is 162 Å². The monoisotopic (exact) mass is 374 g/mol. The van der Waals surface area contributed by atoms with Gasteiger partial charge in [0.1, 0.15) is 11.3 Å². The van der Waals surface area contributed by atoms with Gasteiger partial charge < -0.3 is 14.9 Å². The lowest BCUT2D eigenvalue weighted by Crippen LogP contribution is -2.16. The van der Waals surface area contributed by atoms with Crippen LogP contribution in [0.1, 0.15) is 53.1 Å². The number of benzene rings is 2. The molecular formula is C23H22N2O3. The molecule has 0 saturated carbocycles. The Hall–Kier alpha value is -3.08. The summed E-state index contributed by atoms with van der Waals surface area (Å²) in [7, 11) is 0. The first kappa shape index (κ1) is 17.0. The molecule has 0 amide bonds. The topological polar surface area (TPSA) is 74.8 Å². The van der Waals surface area contributed by atoms with Crippen molar-refractivity contribution < 1.29 is 9.52 Å². The molecule has 5 rings (SSSR count). The predicted molar refractivity (Wildman–Crippen MR) is 109 cm³/mol. The number of nitrogens with one attached hydrogen (secondary N) is 1. The highest BCUT2D eigenvalue weighted by Gasteiger charge is 2.28. The number of phenolic OH excluding ortho intramolecular Hbond substituents is 1. The largest absolute Gasteiger partial charge is 0.506 e. The van der Waals surface area contributed by atoms with Gasteiger partial charge in [0.15, 0.2) is 0 Å². The maximum absolute atomic E-state index is 12.4. The predicted octanol–water partition coefficient (Wildman–Crippen LogP) is 4.12. The quantitative estimate of drug-likeness (QED) is 0.662. The van der Waals surface area contributed by atoms with Crippen molar-refractivity contribution in [3.8, 4) is 5.75 Å². The SMILES string of the molecule is Cc1cc2oc(=O)c3c(c2c(O)c1C1=NNC(c2ccccc2)C1)CCCC3. The van der Waals surface area contributed by atoms with E-state index < -0.39 is 0 Å². The zero-order valence-electron chi connectivity index (χ0n) is 15.8. The highest BCUT2D eigenvalue weighted by Crippen LogP contribution is 2.39. The lowest BCUT2D eigenvalue weighted by atomic mass is 9.87. The standard InChI is InChI=1S/C23H22N2O3/c1-13-11-19-21(15-9-5-6-10-16(15)23(27)28-19)22(26)20(13)18-12-17(24-25-18)14-7-3-2-4-8-14/h2-4,7-8,11,17,24,26H,5-6,9-10,12H2,1H3. The van der Waals surface area contributed by atoms with Gasteiger partial charge in [-0.15, -0.1) is 0 Å². The molecule has 0 bridgehead atoms. The van der Waals surface area contributed by atoms with Crippen molar-refractivity contribution >= 4 is 16.7 Å². The van der Waals surface area contributed by atoms with Crippen LogP contribution >= 0.6 is 0 Å². The zero-order chi connectivity index (χ0) is 19.3. The fraction of sp³-hybridized carbons (Fsp3) is 0.304. The van der Waals surface area contributed by atoms with Crippen molar-refractivity contribution in [1.82, 2.24) is 5.43 Å². The van der Waals surface area contributed by atoms with E-state index in [0.29, 0.717) is 17.4 Å². The van der Waals surface area contributed by atoms with Gasteiger partial charge in [-0.2, -0.15) is 5.10 Å². The number of fused-ring (bicyclic) bond motifs is 3. The maximum Gasteiger partial charge on any atom is 0.339 e. The summed E-state index contributed by atoms with van der Waals surface area (Å²) in [5.74, 6) is 0.186. The molecule has 28 heavy (non-hydrogen) atoms. The number of rotatable bonds is 2. The van der Waals surface area contributed by atoms with Crippen LogP contribution in [-0.2, 0) is 12.8 Å². The van der Waals surface area contributed by atoms with E-state index in [1.807, 2.05) is 31.2 Å². The summed E-state index contributed by atoms with van der Waals surface area (Å²) in [5, 5.41) is 16.4. The van der Waals surface area contributed by atoms with Crippen molar-refractivity contribution in [2.24, 2.45) is 5.10 Å². The minimum atomic E-state index is -0.266. The van der Waals surface area contributed by atoms with E-state index in [1.165, 1.54) is 5.56 Å². The highest BCUT2D eigenvalue weighted by molar-refractivity contribution is 6.09. The fourth-order valence-electron chi connectivity index (χ4n) is 4.55. The molecular weight excluding hydrogens is 352 g/mol. The third kappa shape index (κ3) is 2.61. The van der Waals surface area contributed by atoms with Crippen LogP contribution in [0.15, 0.2) is 50.7 Å². The normalized spacial score (nSPS) is 18.6. The smallest absolute Gasteiger partial charge is 0.339 e. The summed E-state index contributed by atoms with van der Waals surface area (Å²) in [4.78, 5) is 12.4. The van der Waals surface area contributed by atoms with Crippen LogP contribution in [0.25, 0.3) is 11.0 Å². The summed E-state index contributed by atoms with van der Waals surface area (Å²) in [6.07, 6.45) is 4.22.